The minimum Gasteiger partial charge on any atom is -0.330 e. The lowest BCUT2D eigenvalue weighted by atomic mass is 9.70. The maximum atomic E-state index is 5.97. The van der Waals surface area contributed by atoms with E-state index in [9.17, 15) is 0 Å². The molecule has 0 saturated heterocycles. The number of hydrogen-bond donors (Lipinski definition) is 2. The van der Waals surface area contributed by atoms with Crippen LogP contribution in [0.5, 0.6) is 0 Å². The van der Waals surface area contributed by atoms with Gasteiger partial charge in [-0.2, -0.15) is 0 Å². The van der Waals surface area contributed by atoms with E-state index >= 15 is 0 Å². The van der Waals surface area contributed by atoms with Crippen molar-refractivity contribution in [2.24, 2.45) is 17.1 Å². The molecule has 0 spiro atoms. The number of rotatable bonds is 5. The smallest absolute Gasteiger partial charge is 0.00363 e. The van der Waals surface area contributed by atoms with E-state index in [2.05, 4.69) is 26.1 Å². The Hall–Kier alpha value is -0.0800. The molecule has 0 aromatic heterocycles. The predicted octanol–water partition coefficient (Wildman–Crippen LogP) is 2.53. The lowest BCUT2D eigenvalue weighted by Gasteiger charge is -2.39. The highest BCUT2D eigenvalue weighted by molar-refractivity contribution is 4.88. The third-order valence-corrected chi connectivity index (χ3v) is 4.21. The van der Waals surface area contributed by atoms with Crippen LogP contribution in [-0.4, -0.2) is 19.1 Å². The summed E-state index contributed by atoms with van der Waals surface area (Å²) in [5.41, 5.74) is 6.37. The van der Waals surface area contributed by atoms with E-state index in [-0.39, 0.29) is 0 Å². The van der Waals surface area contributed by atoms with Crippen molar-refractivity contribution in [3.63, 3.8) is 0 Å². The van der Waals surface area contributed by atoms with Gasteiger partial charge in [0.2, 0.25) is 0 Å². The van der Waals surface area contributed by atoms with E-state index in [4.69, 9.17) is 5.73 Å². The Kier molecular flexibility index (Phi) is 5.07. The summed E-state index contributed by atoms with van der Waals surface area (Å²) in [6.45, 7) is 8.82. The molecule has 0 aromatic carbocycles. The SMILES string of the molecule is CCC(C)NCC1(CN)CCC(C)CC1. The second-order valence-electron chi connectivity index (χ2n) is 5.58. The molecule has 0 aliphatic heterocycles. The predicted molar refractivity (Wildman–Crippen MR) is 66.9 cm³/mol. The first-order valence-electron chi connectivity index (χ1n) is 6.55. The molecule has 3 N–H and O–H groups in total. The van der Waals surface area contributed by atoms with Gasteiger partial charge in [0.15, 0.2) is 0 Å². The minimum absolute atomic E-state index is 0.399. The largest absolute Gasteiger partial charge is 0.330 e. The molecule has 1 fully saturated rings. The zero-order valence-corrected chi connectivity index (χ0v) is 10.7. The maximum Gasteiger partial charge on any atom is 0.00363 e. The van der Waals surface area contributed by atoms with Crippen molar-refractivity contribution in [2.45, 2.75) is 58.9 Å². The van der Waals surface area contributed by atoms with Crippen LogP contribution in [0.2, 0.25) is 0 Å². The van der Waals surface area contributed by atoms with E-state index < -0.39 is 0 Å². The number of hydrogen-bond acceptors (Lipinski definition) is 2. The van der Waals surface area contributed by atoms with Crippen LogP contribution in [0.15, 0.2) is 0 Å². The molecule has 1 unspecified atom stereocenters. The molecule has 1 atom stereocenters. The second-order valence-corrected chi connectivity index (χ2v) is 5.58. The van der Waals surface area contributed by atoms with Crippen molar-refractivity contribution in [1.29, 1.82) is 0 Å². The molecule has 1 aliphatic carbocycles. The van der Waals surface area contributed by atoms with Crippen molar-refractivity contribution in [3.05, 3.63) is 0 Å². The van der Waals surface area contributed by atoms with Gasteiger partial charge in [0, 0.05) is 12.6 Å². The van der Waals surface area contributed by atoms with Crippen LogP contribution in [-0.2, 0) is 0 Å². The Morgan fingerprint density at radius 2 is 2.00 bits per heavy atom. The summed E-state index contributed by atoms with van der Waals surface area (Å²) in [5, 5.41) is 3.63. The Morgan fingerprint density at radius 3 is 2.47 bits per heavy atom. The first-order chi connectivity index (χ1) is 7.12. The lowest BCUT2D eigenvalue weighted by molar-refractivity contribution is 0.155. The standard InChI is InChI=1S/C13H28N2/c1-4-12(3)15-10-13(9-14)7-5-11(2)6-8-13/h11-12,15H,4-10,14H2,1-3H3. The lowest BCUT2D eigenvalue weighted by Crippen LogP contribution is -2.45. The summed E-state index contributed by atoms with van der Waals surface area (Å²) >= 11 is 0. The summed E-state index contributed by atoms with van der Waals surface area (Å²) in [7, 11) is 0. The average Bonchev–Trinajstić information content (AvgIpc) is 2.28. The van der Waals surface area contributed by atoms with Crippen molar-refractivity contribution < 1.29 is 0 Å². The normalized spacial score (nSPS) is 34.0. The topological polar surface area (TPSA) is 38.0 Å². The molecule has 0 heterocycles. The van der Waals surface area contributed by atoms with E-state index in [1.54, 1.807) is 0 Å². The maximum absolute atomic E-state index is 5.97. The summed E-state index contributed by atoms with van der Waals surface area (Å²) in [4.78, 5) is 0. The van der Waals surface area contributed by atoms with Crippen LogP contribution in [0, 0.1) is 11.3 Å². The molecule has 1 saturated carbocycles. The van der Waals surface area contributed by atoms with Gasteiger partial charge in [0.25, 0.3) is 0 Å². The number of nitrogens with two attached hydrogens (primary N) is 1. The molecule has 0 bridgehead atoms. The quantitative estimate of drug-likeness (QED) is 0.735. The molecule has 1 rings (SSSR count). The molecule has 2 nitrogen and oxygen atoms in total. The van der Waals surface area contributed by atoms with Crippen LogP contribution in [0.1, 0.15) is 52.9 Å². The van der Waals surface area contributed by atoms with Gasteiger partial charge in [-0.3, -0.25) is 0 Å². The molecule has 1 aliphatic rings. The van der Waals surface area contributed by atoms with E-state index in [1.807, 2.05) is 0 Å². The second kappa shape index (κ2) is 5.86. The third kappa shape index (κ3) is 3.76. The van der Waals surface area contributed by atoms with Gasteiger partial charge in [-0.05, 0) is 44.1 Å². The minimum atomic E-state index is 0.399. The molecular weight excluding hydrogens is 184 g/mol. The fraction of sp³-hybridized carbons (Fsp3) is 1.00. The molecular formula is C13H28N2. The van der Waals surface area contributed by atoms with Gasteiger partial charge >= 0.3 is 0 Å². The molecule has 2 heteroatoms. The molecule has 15 heavy (non-hydrogen) atoms. The third-order valence-electron chi connectivity index (χ3n) is 4.21. The Labute approximate surface area is 95.0 Å². The highest BCUT2D eigenvalue weighted by Gasteiger charge is 2.32. The van der Waals surface area contributed by atoms with Crippen LogP contribution in [0.3, 0.4) is 0 Å². The first kappa shape index (κ1) is 13.0. The van der Waals surface area contributed by atoms with Crippen LogP contribution >= 0.6 is 0 Å². The van der Waals surface area contributed by atoms with Crippen molar-refractivity contribution in [1.82, 2.24) is 5.32 Å². The van der Waals surface area contributed by atoms with Crippen LogP contribution in [0.25, 0.3) is 0 Å². The van der Waals surface area contributed by atoms with Crippen LogP contribution in [0.4, 0.5) is 0 Å². The monoisotopic (exact) mass is 212 g/mol. The fourth-order valence-electron chi connectivity index (χ4n) is 2.36. The van der Waals surface area contributed by atoms with Crippen molar-refractivity contribution >= 4 is 0 Å². The molecule has 90 valence electrons. The highest BCUT2D eigenvalue weighted by atomic mass is 14.9. The van der Waals surface area contributed by atoms with Crippen molar-refractivity contribution in [3.8, 4) is 0 Å². The Bertz CT molecular complexity index is 171. The van der Waals surface area contributed by atoms with Gasteiger partial charge < -0.3 is 11.1 Å². The summed E-state index contributed by atoms with van der Waals surface area (Å²) in [6.07, 6.45) is 6.55. The Balaban J connectivity index is 2.39. The van der Waals surface area contributed by atoms with Gasteiger partial charge in [-0.15, -0.1) is 0 Å². The first-order valence-corrected chi connectivity index (χ1v) is 6.55. The Morgan fingerprint density at radius 1 is 1.40 bits per heavy atom. The van der Waals surface area contributed by atoms with Crippen LogP contribution < -0.4 is 11.1 Å². The van der Waals surface area contributed by atoms with Gasteiger partial charge in [-0.25, -0.2) is 0 Å². The fourth-order valence-corrected chi connectivity index (χ4v) is 2.36. The summed E-state index contributed by atoms with van der Waals surface area (Å²) < 4.78 is 0. The number of nitrogens with one attached hydrogen (secondary N) is 1. The molecule has 0 aromatic rings. The van der Waals surface area contributed by atoms with E-state index in [0.717, 1.165) is 19.0 Å². The summed E-state index contributed by atoms with van der Waals surface area (Å²) in [5.74, 6) is 0.910. The van der Waals surface area contributed by atoms with E-state index in [1.165, 1.54) is 32.1 Å². The zero-order chi connectivity index (χ0) is 11.3. The average molecular weight is 212 g/mol. The van der Waals surface area contributed by atoms with E-state index in [0.29, 0.717) is 11.5 Å². The van der Waals surface area contributed by atoms with Gasteiger partial charge in [-0.1, -0.05) is 26.7 Å². The molecule has 0 radical (unpaired) electrons. The van der Waals surface area contributed by atoms with Crippen molar-refractivity contribution in [2.75, 3.05) is 13.1 Å². The highest BCUT2D eigenvalue weighted by Crippen LogP contribution is 2.37. The summed E-state index contributed by atoms with van der Waals surface area (Å²) in [6, 6.07) is 0.632. The zero-order valence-electron chi connectivity index (χ0n) is 10.7. The molecule has 0 amide bonds. The van der Waals surface area contributed by atoms with Gasteiger partial charge in [0.05, 0.1) is 0 Å². The van der Waals surface area contributed by atoms with Gasteiger partial charge in [0.1, 0.15) is 0 Å².